The van der Waals surface area contributed by atoms with E-state index in [-0.39, 0.29) is 0 Å². The largest absolute Gasteiger partial charge is 0.495 e. The van der Waals surface area contributed by atoms with Crippen molar-refractivity contribution in [3.8, 4) is 5.75 Å². The van der Waals surface area contributed by atoms with Crippen LogP contribution in [0.5, 0.6) is 5.75 Å². The third-order valence-corrected chi connectivity index (χ3v) is 4.43. The molecule has 0 saturated heterocycles. The summed E-state index contributed by atoms with van der Waals surface area (Å²) in [6, 6.07) is 3.80. The minimum atomic E-state index is 0.573. The van der Waals surface area contributed by atoms with E-state index in [1.807, 2.05) is 19.1 Å². The average Bonchev–Trinajstić information content (AvgIpc) is 2.45. The fraction of sp³-hybridized carbons (Fsp3) is 0.231. The molecule has 0 spiro atoms. The maximum Gasteiger partial charge on any atom is 0.224 e. The Balaban J connectivity index is 2.35. The smallest absolute Gasteiger partial charge is 0.224 e. The predicted molar refractivity (Wildman–Crippen MR) is 95.6 cm³/mol. The number of nitrogens with one attached hydrogen (secondary N) is 2. The highest BCUT2D eigenvalue weighted by Gasteiger charge is 2.11. The molecule has 0 aliphatic heterocycles. The summed E-state index contributed by atoms with van der Waals surface area (Å²) in [5, 5.41) is 6.34. The molecule has 0 unspecified atom stereocenters. The Kier molecular flexibility index (Phi) is 5.83. The number of halogens is 3. The Hall–Kier alpha value is -0.860. The predicted octanol–water partition coefficient (Wildman–Crippen LogP) is 4.95. The number of rotatable bonds is 5. The Labute approximate surface area is 148 Å². The molecule has 0 bridgehead atoms. The number of anilines is 3. The number of benzene rings is 1. The van der Waals surface area contributed by atoms with Gasteiger partial charge < -0.3 is 15.4 Å². The van der Waals surface area contributed by atoms with Crippen LogP contribution in [0.4, 0.5) is 17.5 Å². The zero-order chi connectivity index (χ0) is 15.4. The summed E-state index contributed by atoms with van der Waals surface area (Å²) in [7, 11) is 1.63. The Morgan fingerprint density at radius 2 is 1.90 bits per heavy atom. The lowest BCUT2D eigenvalue weighted by Gasteiger charge is -2.13. The molecule has 0 aliphatic carbocycles. The number of hydrogen-bond acceptors (Lipinski definition) is 5. The Bertz CT molecular complexity index is 652. The first kappa shape index (κ1) is 16.5. The summed E-state index contributed by atoms with van der Waals surface area (Å²) in [6.45, 7) is 2.76. The van der Waals surface area contributed by atoms with Gasteiger partial charge in [-0.05, 0) is 60.8 Å². The van der Waals surface area contributed by atoms with Crippen LogP contribution in [0.25, 0.3) is 0 Å². The van der Waals surface area contributed by atoms with Crippen molar-refractivity contribution in [3.05, 3.63) is 31.7 Å². The van der Waals surface area contributed by atoms with Crippen molar-refractivity contribution in [3.63, 3.8) is 0 Å². The standard InChI is InChI=1S/C13H13Br3N4O/c1-3-17-13-18-6-9(16)12(20-13)19-10-5-11(21-2)8(15)4-7(10)14/h4-6H,3H2,1-2H3,(H2,17,18,19,20). The van der Waals surface area contributed by atoms with Crippen LogP contribution < -0.4 is 15.4 Å². The molecule has 2 N–H and O–H groups in total. The number of aromatic nitrogens is 2. The molecule has 5 nitrogen and oxygen atoms in total. The van der Waals surface area contributed by atoms with Crippen LogP contribution in [-0.2, 0) is 0 Å². The SMILES string of the molecule is CCNc1ncc(Br)c(Nc2cc(OC)c(Br)cc2Br)n1. The molecule has 0 aliphatic rings. The second-order valence-electron chi connectivity index (χ2n) is 4.01. The second kappa shape index (κ2) is 7.42. The molecule has 0 atom stereocenters. The van der Waals surface area contributed by atoms with E-state index in [9.17, 15) is 0 Å². The molecule has 8 heteroatoms. The van der Waals surface area contributed by atoms with Gasteiger partial charge in [0.05, 0.1) is 21.7 Å². The molecule has 0 amide bonds. The normalized spacial score (nSPS) is 10.3. The van der Waals surface area contributed by atoms with E-state index in [4.69, 9.17) is 4.74 Å². The van der Waals surface area contributed by atoms with Gasteiger partial charge in [-0.1, -0.05) is 0 Å². The number of hydrogen-bond donors (Lipinski definition) is 2. The van der Waals surface area contributed by atoms with Crippen LogP contribution in [0.15, 0.2) is 31.7 Å². The van der Waals surface area contributed by atoms with Crippen molar-refractivity contribution in [2.24, 2.45) is 0 Å². The molecule has 21 heavy (non-hydrogen) atoms. The van der Waals surface area contributed by atoms with Crippen molar-refractivity contribution in [2.45, 2.75) is 6.92 Å². The zero-order valence-corrected chi connectivity index (χ0v) is 16.1. The summed E-state index contributed by atoms with van der Waals surface area (Å²) in [5.41, 5.74) is 0.844. The molecule has 2 aromatic rings. The maximum atomic E-state index is 5.31. The highest BCUT2D eigenvalue weighted by molar-refractivity contribution is 9.11. The van der Waals surface area contributed by atoms with Gasteiger partial charge in [0.1, 0.15) is 11.6 Å². The highest BCUT2D eigenvalue weighted by Crippen LogP contribution is 2.36. The van der Waals surface area contributed by atoms with Crippen molar-refractivity contribution >= 4 is 65.2 Å². The van der Waals surface area contributed by atoms with Gasteiger partial charge in [-0.25, -0.2) is 4.98 Å². The molecule has 112 valence electrons. The lowest BCUT2D eigenvalue weighted by atomic mass is 10.3. The summed E-state index contributed by atoms with van der Waals surface area (Å²) in [4.78, 5) is 8.61. The highest BCUT2D eigenvalue weighted by atomic mass is 79.9. The molecule has 1 aromatic carbocycles. The Morgan fingerprint density at radius 1 is 1.14 bits per heavy atom. The molecule has 1 aromatic heterocycles. The van der Waals surface area contributed by atoms with Crippen molar-refractivity contribution in [1.82, 2.24) is 9.97 Å². The Morgan fingerprint density at radius 3 is 2.57 bits per heavy atom. The third kappa shape index (κ3) is 4.08. The number of methoxy groups -OCH3 is 1. The first-order chi connectivity index (χ1) is 10.0. The van der Waals surface area contributed by atoms with E-state index in [1.54, 1.807) is 13.3 Å². The fourth-order valence-electron chi connectivity index (χ4n) is 1.61. The molecular weight excluding hydrogens is 468 g/mol. The van der Waals surface area contributed by atoms with Crippen molar-refractivity contribution in [2.75, 3.05) is 24.3 Å². The van der Waals surface area contributed by atoms with E-state index in [1.165, 1.54) is 0 Å². The van der Waals surface area contributed by atoms with E-state index >= 15 is 0 Å². The van der Waals surface area contributed by atoms with Crippen LogP contribution in [-0.4, -0.2) is 23.6 Å². The van der Waals surface area contributed by atoms with Gasteiger partial charge in [0.25, 0.3) is 0 Å². The van der Waals surface area contributed by atoms with Crippen LogP contribution >= 0.6 is 47.8 Å². The maximum absolute atomic E-state index is 5.31. The number of nitrogens with zero attached hydrogens (tertiary/aromatic N) is 2. The first-order valence-electron chi connectivity index (χ1n) is 6.11. The fourth-order valence-corrected chi connectivity index (χ4v) is 3.15. The molecular formula is C13H13Br3N4O. The summed E-state index contributed by atoms with van der Waals surface area (Å²) in [6.07, 6.45) is 1.71. The first-order valence-corrected chi connectivity index (χ1v) is 8.49. The van der Waals surface area contributed by atoms with Gasteiger partial charge in [0.15, 0.2) is 0 Å². The molecule has 1 heterocycles. The van der Waals surface area contributed by atoms with Crippen LogP contribution in [0.3, 0.4) is 0 Å². The van der Waals surface area contributed by atoms with E-state index < -0.39 is 0 Å². The van der Waals surface area contributed by atoms with Crippen LogP contribution in [0.1, 0.15) is 6.92 Å². The monoisotopic (exact) mass is 478 g/mol. The van der Waals surface area contributed by atoms with Gasteiger partial charge >= 0.3 is 0 Å². The zero-order valence-electron chi connectivity index (χ0n) is 11.4. The topological polar surface area (TPSA) is 59.1 Å². The van der Waals surface area contributed by atoms with E-state index in [2.05, 4.69) is 68.4 Å². The molecule has 2 rings (SSSR count). The lowest BCUT2D eigenvalue weighted by Crippen LogP contribution is -2.05. The van der Waals surface area contributed by atoms with Gasteiger partial charge in [0, 0.05) is 23.3 Å². The van der Waals surface area contributed by atoms with Crippen LogP contribution in [0.2, 0.25) is 0 Å². The molecule has 0 fully saturated rings. The van der Waals surface area contributed by atoms with Gasteiger partial charge in [-0.3, -0.25) is 0 Å². The van der Waals surface area contributed by atoms with E-state index in [0.29, 0.717) is 11.8 Å². The molecule has 0 saturated carbocycles. The molecule has 0 radical (unpaired) electrons. The third-order valence-electron chi connectivity index (χ3n) is 2.57. The summed E-state index contributed by atoms with van der Waals surface area (Å²) in [5.74, 6) is 1.98. The summed E-state index contributed by atoms with van der Waals surface area (Å²) < 4.78 is 7.85. The minimum absolute atomic E-state index is 0.573. The van der Waals surface area contributed by atoms with Gasteiger partial charge in [-0.15, -0.1) is 0 Å². The average molecular weight is 481 g/mol. The van der Waals surface area contributed by atoms with Gasteiger partial charge in [-0.2, -0.15) is 4.98 Å². The van der Waals surface area contributed by atoms with Crippen molar-refractivity contribution in [1.29, 1.82) is 0 Å². The van der Waals surface area contributed by atoms with Gasteiger partial charge in [0.2, 0.25) is 5.95 Å². The summed E-state index contributed by atoms with van der Waals surface area (Å²) >= 11 is 10.4. The van der Waals surface area contributed by atoms with Crippen molar-refractivity contribution < 1.29 is 4.74 Å². The van der Waals surface area contributed by atoms with E-state index in [0.717, 1.165) is 31.4 Å². The second-order valence-corrected chi connectivity index (χ2v) is 6.58. The van der Waals surface area contributed by atoms with Crippen LogP contribution in [0, 0.1) is 0 Å². The number of ether oxygens (including phenoxy) is 1. The minimum Gasteiger partial charge on any atom is -0.495 e. The lowest BCUT2D eigenvalue weighted by molar-refractivity contribution is 0.412. The quantitative estimate of drug-likeness (QED) is 0.634.